The van der Waals surface area contributed by atoms with E-state index in [1.165, 1.54) is 0 Å². The minimum atomic E-state index is -0.876. The normalized spacial score (nSPS) is 28.5. The van der Waals surface area contributed by atoms with Gasteiger partial charge in [0.05, 0.1) is 24.2 Å². The van der Waals surface area contributed by atoms with Crippen molar-refractivity contribution in [2.24, 2.45) is 18.9 Å². The third-order valence-corrected chi connectivity index (χ3v) is 5.78. The molecule has 9 heteroatoms. The first-order valence-electron chi connectivity index (χ1n) is 9.21. The Hall–Kier alpha value is -2.58. The number of aromatic nitrogens is 2. The highest BCUT2D eigenvalue weighted by Gasteiger charge is 2.42. The second-order valence-corrected chi connectivity index (χ2v) is 7.80. The fraction of sp³-hybridized carbons (Fsp3) is 0.667. The molecule has 0 aliphatic carbocycles. The average Bonchev–Trinajstić information content (AvgIpc) is 3.06. The quantitative estimate of drug-likeness (QED) is 0.808. The van der Waals surface area contributed by atoms with Crippen LogP contribution in [0.2, 0.25) is 0 Å². The van der Waals surface area contributed by atoms with E-state index in [2.05, 4.69) is 10.4 Å². The summed E-state index contributed by atoms with van der Waals surface area (Å²) in [5.41, 5.74) is 1.85. The molecule has 0 aromatic carbocycles. The zero-order valence-electron chi connectivity index (χ0n) is 16.2. The van der Waals surface area contributed by atoms with Gasteiger partial charge < -0.3 is 20.2 Å². The highest BCUT2D eigenvalue weighted by molar-refractivity contribution is 5.83. The maximum atomic E-state index is 12.8. The lowest BCUT2D eigenvalue weighted by Crippen LogP contribution is -2.52. The van der Waals surface area contributed by atoms with Crippen molar-refractivity contribution in [2.75, 3.05) is 20.1 Å². The molecule has 27 heavy (non-hydrogen) atoms. The highest BCUT2D eigenvalue weighted by atomic mass is 16.4. The van der Waals surface area contributed by atoms with Crippen molar-refractivity contribution in [3.8, 4) is 0 Å². The number of amides is 3. The van der Waals surface area contributed by atoms with Crippen LogP contribution >= 0.6 is 0 Å². The van der Waals surface area contributed by atoms with E-state index >= 15 is 0 Å². The van der Waals surface area contributed by atoms with Crippen LogP contribution in [0.4, 0.5) is 4.79 Å². The fourth-order valence-corrected chi connectivity index (χ4v) is 4.18. The molecule has 2 unspecified atom stereocenters. The van der Waals surface area contributed by atoms with Crippen LogP contribution in [-0.4, -0.2) is 68.8 Å². The third kappa shape index (κ3) is 3.63. The van der Waals surface area contributed by atoms with Crippen LogP contribution in [0.1, 0.15) is 37.1 Å². The monoisotopic (exact) mass is 377 g/mol. The maximum absolute atomic E-state index is 12.8. The first kappa shape index (κ1) is 19.2. The van der Waals surface area contributed by atoms with Gasteiger partial charge in [-0.25, -0.2) is 4.79 Å². The Morgan fingerprint density at radius 1 is 1.30 bits per heavy atom. The Morgan fingerprint density at radius 3 is 2.59 bits per heavy atom. The molecule has 0 radical (unpaired) electrons. The topological polar surface area (TPSA) is 108 Å². The Labute approximate surface area is 158 Å². The zero-order chi connectivity index (χ0) is 19.9. The van der Waals surface area contributed by atoms with Gasteiger partial charge in [0.25, 0.3) is 0 Å². The number of piperidine rings is 1. The van der Waals surface area contributed by atoms with Gasteiger partial charge in [-0.15, -0.1) is 0 Å². The molecule has 3 rings (SSSR count). The van der Waals surface area contributed by atoms with Crippen molar-refractivity contribution < 1.29 is 19.5 Å². The van der Waals surface area contributed by atoms with Crippen LogP contribution in [0.5, 0.6) is 0 Å². The number of rotatable bonds is 3. The van der Waals surface area contributed by atoms with E-state index in [1.54, 1.807) is 27.7 Å². The summed E-state index contributed by atoms with van der Waals surface area (Å²) < 4.78 is 1.74. The summed E-state index contributed by atoms with van der Waals surface area (Å²) in [4.78, 5) is 39.7. The molecule has 3 heterocycles. The van der Waals surface area contributed by atoms with Gasteiger partial charge in [-0.3, -0.25) is 14.3 Å². The Morgan fingerprint density at radius 2 is 2.00 bits per heavy atom. The molecule has 9 nitrogen and oxygen atoms in total. The van der Waals surface area contributed by atoms with Gasteiger partial charge in [0.1, 0.15) is 0 Å². The lowest BCUT2D eigenvalue weighted by molar-refractivity contribution is -0.143. The van der Waals surface area contributed by atoms with Gasteiger partial charge in [-0.1, -0.05) is 6.92 Å². The molecular formula is C18H27N5O4. The van der Waals surface area contributed by atoms with E-state index in [0.29, 0.717) is 13.0 Å². The second-order valence-electron chi connectivity index (χ2n) is 7.80. The molecule has 148 valence electrons. The number of aryl methyl sites for hydroxylation is 1. The molecule has 0 spiro atoms. The Balaban J connectivity index is 1.76. The van der Waals surface area contributed by atoms with Crippen LogP contribution < -0.4 is 5.32 Å². The summed E-state index contributed by atoms with van der Waals surface area (Å²) in [6.07, 6.45) is 2.52. The molecule has 1 aromatic heterocycles. The van der Waals surface area contributed by atoms with Crippen molar-refractivity contribution in [3.63, 3.8) is 0 Å². The van der Waals surface area contributed by atoms with E-state index in [0.717, 1.165) is 11.3 Å². The number of carbonyl (C=O) groups excluding carboxylic acids is 2. The number of likely N-dealkylation sites (N-methyl/N-ethyl adjacent to an activating group) is 1. The zero-order valence-corrected chi connectivity index (χ0v) is 16.2. The van der Waals surface area contributed by atoms with Crippen LogP contribution in [0, 0.1) is 18.8 Å². The van der Waals surface area contributed by atoms with Crippen LogP contribution in [0.15, 0.2) is 6.20 Å². The number of carbonyl (C=O) groups is 3. The molecule has 2 aliphatic heterocycles. The first-order chi connectivity index (χ1) is 12.7. The average molecular weight is 377 g/mol. The number of likely N-dealkylation sites (tertiary alicyclic amines) is 2. The number of urea groups is 1. The van der Waals surface area contributed by atoms with Gasteiger partial charge in [0.15, 0.2) is 0 Å². The second kappa shape index (κ2) is 7.21. The minimum Gasteiger partial charge on any atom is -0.481 e. The van der Waals surface area contributed by atoms with E-state index in [4.69, 9.17) is 0 Å². The molecule has 2 fully saturated rings. The molecule has 2 N–H and O–H groups in total. The van der Waals surface area contributed by atoms with Crippen molar-refractivity contribution in [1.82, 2.24) is 24.9 Å². The molecule has 2 aliphatic rings. The van der Waals surface area contributed by atoms with Crippen LogP contribution in [0.3, 0.4) is 0 Å². The third-order valence-electron chi connectivity index (χ3n) is 5.78. The molecule has 1 aromatic rings. The molecule has 2 saturated heterocycles. The summed E-state index contributed by atoms with van der Waals surface area (Å²) in [5, 5.41) is 16.5. The van der Waals surface area contributed by atoms with Crippen LogP contribution in [-0.2, 0) is 16.6 Å². The number of hydrogen-bond donors (Lipinski definition) is 2. The van der Waals surface area contributed by atoms with E-state index in [-0.39, 0.29) is 42.9 Å². The number of hydrogen-bond acceptors (Lipinski definition) is 4. The van der Waals surface area contributed by atoms with E-state index < -0.39 is 11.9 Å². The number of aliphatic carboxylic acids is 1. The smallest absolute Gasteiger partial charge is 0.317 e. The Bertz CT molecular complexity index is 761. The summed E-state index contributed by atoms with van der Waals surface area (Å²) in [6.45, 7) is 4.59. The summed E-state index contributed by atoms with van der Waals surface area (Å²) in [7, 11) is 3.57. The number of nitrogens with zero attached hydrogens (tertiary/aromatic N) is 4. The predicted octanol–water partition coefficient (Wildman–Crippen LogP) is 0.753. The van der Waals surface area contributed by atoms with Gasteiger partial charge >= 0.3 is 12.0 Å². The number of carboxylic acids is 1. The van der Waals surface area contributed by atoms with Crippen molar-refractivity contribution in [3.05, 3.63) is 17.5 Å². The lowest BCUT2D eigenvalue weighted by Gasteiger charge is -2.36. The fourth-order valence-electron chi connectivity index (χ4n) is 4.18. The van der Waals surface area contributed by atoms with E-state index in [1.807, 2.05) is 20.9 Å². The van der Waals surface area contributed by atoms with Gasteiger partial charge in [0, 0.05) is 44.9 Å². The lowest BCUT2D eigenvalue weighted by atomic mass is 9.90. The first-order valence-corrected chi connectivity index (χ1v) is 9.21. The van der Waals surface area contributed by atoms with Crippen LogP contribution in [0.25, 0.3) is 0 Å². The molecule has 3 amide bonds. The van der Waals surface area contributed by atoms with Gasteiger partial charge in [0.2, 0.25) is 5.91 Å². The van der Waals surface area contributed by atoms with Crippen molar-refractivity contribution >= 4 is 17.9 Å². The standard InChI is InChI=1S/C18H27N5O4/c1-10-5-12(17(25)26)9-23(8-10)18(27)20-14-6-15(24)21(3)16(14)13-7-19-22(4)11(13)2/h7,10,12,14,16H,5-6,8-9H2,1-4H3,(H,20,27)(H,25,26)/t10?,12?,14-,16+/m1/s1. The molecular weight excluding hydrogens is 350 g/mol. The summed E-state index contributed by atoms with van der Waals surface area (Å²) in [5.74, 6) is -1.35. The number of nitrogens with one attached hydrogen (secondary N) is 1. The van der Waals surface area contributed by atoms with Crippen molar-refractivity contribution in [1.29, 1.82) is 0 Å². The van der Waals surface area contributed by atoms with E-state index in [9.17, 15) is 19.5 Å². The van der Waals surface area contributed by atoms with Gasteiger partial charge in [-0.05, 0) is 19.3 Å². The summed E-state index contributed by atoms with van der Waals surface area (Å²) in [6, 6.07) is -0.974. The predicted molar refractivity (Wildman–Crippen MR) is 96.9 cm³/mol. The summed E-state index contributed by atoms with van der Waals surface area (Å²) >= 11 is 0. The molecule has 0 saturated carbocycles. The highest BCUT2D eigenvalue weighted by Crippen LogP contribution is 2.33. The SMILES string of the molecule is Cc1c([C@H]2[C@H](NC(=O)N3CC(C)CC(C(=O)O)C3)CC(=O)N2C)cnn1C. The minimum absolute atomic E-state index is 0.0380. The Kier molecular flexibility index (Phi) is 5.12. The van der Waals surface area contributed by atoms with Gasteiger partial charge in [-0.2, -0.15) is 5.10 Å². The largest absolute Gasteiger partial charge is 0.481 e. The molecule has 4 atom stereocenters. The van der Waals surface area contributed by atoms with Crippen molar-refractivity contribution in [2.45, 2.75) is 38.8 Å². The molecule has 0 bridgehead atoms. The number of carboxylic acid groups (broad SMARTS) is 1. The maximum Gasteiger partial charge on any atom is 0.317 e.